The molecule has 1 aliphatic rings. The molecule has 0 saturated carbocycles. The van der Waals surface area contributed by atoms with Gasteiger partial charge in [-0.05, 0) is 45.7 Å². The van der Waals surface area contributed by atoms with Crippen molar-refractivity contribution in [1.82, 2.24) is 15.1 Å². The molecule has 3 rings (SSSR count). The largest absolute Gasteiger partial charge is 0.371 e. The van der Waals surface area contributed by atoms with Crippen LogP contribution in [-0.2, 0) is 9.53 Å². The number of rotatable bonds is 5. The van der Waals surface area contributed by atoms with Crippen molar-refractivity contribution in [2.24, 2.45) is 5.92 Å². The van der Waals surface area contributed by atoms with Gasteiger partial charge in [-0.2, -0.15) is 5.10 Å². The fourth-order valence-corrected chi connectivity index (χ4v) is 3.57. The second-order valence-electron chi connectivity index (χ2n) is 7.23. The summed E-state index contributed by atoms with van der Waals surface area (Å²) in [7, 11) is 0. The molecule has 7 heteroatoms. The molecule has 1 amide bonds. The van der Waals surface area contributed by atoms with E-state index in [4.69, 9.17) is 4.74 Å². The summed E-state index contributed by atoms with van der Waals surface area (Å²) in [5.74, 6) is -1.90. The molecule has 146 valence electrons. The third-order valence-corrected chi connectivity index (χ3v) is 4.93. The zero-order valence-electron chi connectivity index (χ0n) is 15.8. The maximum absolute atomic E-state index is 14.0. The number of ether oxygens (including phenoxy) is 1. The highest BCUT2D eigenvalue weighted by Crippen LogP contribution is 2.35. The third kappa shape index (κ3) is 4.18. The number of aromatic nitrogens is 2. The maximum atomic E-state index is 14.0. The molecular weight excluding hydrogens is 352 g/mol. The van der Waals surface area contributed by atoms with Gasteiger partial charge in [-0.1, -0.05) is 6.07 Å². The molecule has 1 saturated heterocycles. The van der Waals surface area contributed by atoms with Crippen molar-refractivity contribution in [3.63, 3.8) is 0 Å². The molecule has 27 heavy (non-hydrogen) atoms. The van der Waals surface area contributed by atoms with Gasteiger partial charge in [0.25, 0.3) is 0 Å². The van der Waals surface area contributed by atoms with Crippen molar-refractivity contribution in [2.45, 2.75) is 51.8 Å². The number of halogens is 2. The third-order valence-electron chi connectivity index (χ3n) is 4.93. The first-order valence-corrected chi connectivity index (χ1v) is 9.28. The Morgan fingerprint density at radius 2 is 2.07 bits per heavy atom. The van der Waals surface area contributed by atoms with Crippen LogP contribution >= 0.6 is 0 Å². The van der Waals surface area contributed by atoms with Crippen molar-refractivity contribution < 1.29 is 18.3 Å². The van der Waals surface area contributed by atoms with Crippen LogP contribution in [0.15, 0.2) is 30.5 Å². The van der Waals surface area contributed by atoms with Gasteiger partial charge < -0.3 is 10.1 Å². The highest BCUT2D eigenvalue weighted by molar-refractivity contribution is 5.80. The second kappa shape index (κ2) is 8.17. The Hall–Kier alpha value is -2.28. The predicted octanol–water partition coefficient (Wildman–Crippen LogP) is 4.09. The number of nitrogens with one attached hydrogen (secondary N) is 1. The van der Waals surface area contributed by atoms with Crippen LogP contribution in [0.5, 0.6) is 0 Å². The van der Waals surface area contributed by atoms with Gasteiger partial charge in [-0.3, -0.25) is 9.48 Å². The number of carbonyl (C=O) groups is 1. The van der Waals surface area contributed by atoms with Gasteiger partial charge in [0.2, 0.25) is 5.91 Å². The van der Waals surface area contributed by atoms with E-state index in [1.165, 1.54) is 12.1 Å². The van der Waals surface area contributed by atoms with Crippen LogP contribution in [0.4, 0.5) is 8.78 Å². The van der Waals surface area contributed by atoms with Crippen molar-refractivity contribution in [2.75, 3.05) is 6.61 Å². The minimum atomic E-state index is -0.669. The van der Waals surface area contributed by atoms with Gasteiger partial charge in [-0.15, -0.1) is 0 Å². The van der Waals surface area contributed by atoms with E-state index in [0.29, 0.717) is 13.0 Å². The summed E-state index contributed by atoms with van der Waals surface area (Å²) in [6, 6.07) is 4.82. The van der Waals surface area contributed by atoms with Crippen LogP contribution < -0.4 is 5.32 Å². The Labute approximate surface area is 157 Å². The van der Waals surface area contributed by atoms with Crippen molar-refractivity contribution in [3.05, 3.63) is 53.4 Å². The van der Waals surface area contributed by atoms with E-state index >= 15 is 0 Å². The Balaban J connectivity index is 1.78. The van der Waals surface area contributed by atoms with E-state index < -0.39 is 23.8 Å². The zero-order chi connectivity index (χ0) is 19.6. The van der Waals surface area contributed by atoms with E-state index in [0.717, 1.165) is 18.2 Å². The van der Waals surface area contributed by atoms with Crippen LogP contribution in [0, 0.1) is 17.6 Å². The van der Waals surface area contributed by atoms with E-state index in [1.54, 1.807) is 13.1 Å². The summed E-state index contributed by atoms with van der Waals surface area (Å²) in [5.41, 5.74) is 1.12. The number of nitrogens with zero attached hydrogens (tertiary/aromatic N) is 2. The molecule has 0 spiro atoms. The molecule has 1 fully saturated rings. The Bertz CT molecular complexity index is 806. The predicted molar refractivity (Wildman–Crippen MR) is 96.9 cm³/mol. The standard InChI is InChI=1S/C20H25F2N3O2/c1-12(2)25-18(8-9-23-25)19-16(5-4-10-27-19)20(26)24-13(3)15-7-6-14(21)11-17(15)22/h6-9,11-13,16,19H,4-5,10H2,1-3H3,(H,24,26)/t13?,16-,19-/m1/s1. The summed E-state index contributed by atoms with van der Waals surface area (Å²) in [6.45, 7) is 6.31. The molecule has 1 aliphatic heterocycles. The minimum absolute atomic E-state index is 0.150. The number of amides is 1. The molecule has 3 atom stereocenters. The lowest BCUT2D eigenvalue weighted by Crippen LogP contribution is -2.39. The molecular formula is C20H25F2N3O2. The second-order valence-corrected chi connectivity index (χ2v) is 7.23. The first-order chi connectivity index (χ1) is 12.9. The summed E-state index contributed by atoms with van der Waals surface area (Å²) < 4.78 is 34.9. The fraction of sp³-hybridized carbons (Fsp3) is 0.500. The highest BCUT2D eigenvalue weighted by Gasteiger charge is 2.36. The first kappa shape index (κ1) is 19.5. The average Bonchev–Trinajstić information content (AvgIpc) is 3.11. The monoisotopic (exact) mass is 377 g/mol. The van der Waals surface area contributed by atoms with Gasteiger partial charge in [-0.25, -0.2) is 8.78 Å². The molecule has 1 unspecified atom stereocenters. The number of hydrogen-bond donors (Lipinski definition) is 1. The van der Waals surface area contributed by atoms with Crippen LogP contribution in [-0.4, -0.2) is 22.3 Å². The summed E-state index contributed by atoms with van der Waals surface area (Å²) >= 11 is 0. The maximum Gasteiger partial charge on any atom is 0.226 e. The van der Waals surface area contributed by atoms with Crippen LogP contribution in [0.2, 0.25) is 0 Å². The summed E-state index contributed by atoms with van der Waals surface area (Å²) in [5, 5.41) is 7.19. The molecule has 2 aromatic rings. The lowest BCUT2D eigenvalue weighted by Gasteiger charge is -2.32. The van der Waals surface area contributed by atoms with E-state index in [-0.39, 0.29) is 23.4 Å². The van der Waals surface area contributed by atoms with Gasteiger partial charge >= 0.3 is 0 Å². The topological polar surface area (TPSA) is 56.1 Å². The van der Waals surface area contributed by atoms with Gasteiger partial charge in [0.1, 0.15) is 17.7 Å². The van der Waals surface area contributed by atoms with Crippen LogP contribution in [0.25, 0.3) is 0 Å². The van der Waals surface area contributed by atoms with E-state index in [9.17, 15) is 13.6 Å². The van der Waals surface area contributed by atoms with E-state index in [2.05, 4.69) is 10.4 Å². The van der Waals surface area contributed by atoms with Crippen molar-refractivity contribution in [3.8, 4) is 0 Å². The number of benzene rings is 1. The first-order valence-electron chi connectivity index (χ1n) is 9.28. The van der Waals surface area contributed by atoms with Crippen molar-refractivity contribution in [1.29, 1.82) is 0 Å². The van der Waals surface area contributed by atoms with Crippen LogP contribution in [0.1, 0.15) is 63.1 Å². The smallest absolute Gasteiger partial charge is 0.226 e. The SMILES string of the molecule is CC(NC(=O)[C@@H]1CCCO[C@H]1c1ccnn1C(C)C)c1ccc(F)cc1F. The fourth-order valence-electron chi connectivity index (χ4n) is 3.57. The molecule has 1 N–H and O–H groups in total. The molecule has 1 aromatic carbocycles. The number of hydrogen-bond acceptors (Lipinski definition) is 3. The van der Waals surface area contributed by atoms with Crippen LogP contribution in [0.3, 0.4) is 0 Å². The average molecular weight is 377 g/mol. The number of carbonyl (C=O) groups excluding carboxylic acids is 1. The molecule has 0 bridgehead atoms. The Morgan fingerprint density at radius 3 is 2.78 bits per heavy atom. The molecule has 1 aromatic heterocycles. The van der Waals surface area contributed by atoms with Crippen molar-refractivity contribution >= 4 is 5.91 Å². The van der Waals surface area contributed by atoms with Gasteiger partial charge in [0.15, 0.2) is 0 Å². The highest BCUT2D eigenvalue weighted by atomic mass is 19.1. The minimum Gasteiger partial charge on any atom is -0.371 e. The zero-order valence-corrected chi connectivity index (χ0v) is 15.8. The lowest BCUT2D eigenvalue weighted by molar-refractivity contribution is -0.135. The lowest BCUT2D eigenvalue weighted by atomic mass is 9.90. The summed E-state index contributed by atoms with van der Waals surface area (Å²) in [4.78, 5) is 12.9. The normalized spacial score (nSPS) is 21.3. The molecule has 5 nitrogen and oxygen atoms in total. The molecule has 2 heterocycles. The Kier molecular flexibility index (Phi) is 5.89. The van der Waals surface area contributed by atoms with Gasteiger partial charge in [0, 0.05) is 30.5 Å². The van der Waals surface area contributed by atoms with Gasteiger partial charge in [0.05, 0.1) is 17.7 Å². The molecule has 0 radical (unpaired) electrons. The Morgan fingerprint density at radius 1 is 1.30 bits per heavy atom. The van der Waals surface area contributed by atoms with E-state index in [1.807, 2.05) is 24.6 Å². The molecule has 0 aliphatic carbocycles. The summed E-state index contributed by atoms with van der Waals surface area (Å²) in [6.07, 6.45) is 2.77. The quantitative estimate of drug-likeness (QED) is 0.854.